The number of anilines is 5. The van der Waals surface area contributed by atoms with Crippen molar-refractivity contribution < 1.29 is 0 Å². The molecule has 3 heteroatoms. The number of fused-ring (bicyclic) bond motifs is 2. The summed E-state index contributed by atoms with van der Waals surface area (Å²) < 4.78 is 0. The topological polar surface area (TPSA) is 6.48 Å². The summed E-state index contributed by atoms with van der Waals surface area (Å²) in [5, 5.41) is 0. The molecule has 0 N–H and O–H groups in total. The first kappa shape index (κ1) is 36.8. The highest BCUT2D eigenvalue weighted by molar-refractivity contribution is 6.95. The third-order valence-electron chi connectivity index (χ3n) is 11.3. The number of allylic oxidation sites excluding steroid dienone is 3. The van der Waals surface area contributed by atoms with E-state index in [0.29, 0.717) is 0 Å². The van der Waals surface area contributed by atoms with Crippen molar-refractivity contribution in [2.45, 2.75) is 132 Å². The summed E-state index contributed by atoms with van der Waals surface area (Å²) in [6.07, 6.45) is 0. The molecular formula is C48H61BN2. The smallest absolute Gasteiger partial charge is 0.247 e. The predicted molar refractivity (Wildman–Crippen MR) is 226 cm³/mol. The van der Waals surface area contributed by atoms with Crippen LogP contribution in [-0.2, 0) is 21.7 Å². The second-order valence-corrected chi connectivity index (χ2v) is 19.6. The lowest BCUT2D eigenvalue weighted by Crippen LogP contribution is -2.56. The molecule has 266 valence electrons. The number of rotatable bonds is 3. The van der Waals surface area contributed by atoms with Gasteiger partial charge in [-0.2, -0.15) is 0 Å². The maximum absolute atomic E-state index is 2.59. The van der Waals surface area contributed by atoms with E-state index >= 15 is 0 Å². The van der Waals surface area contributed by atoms with Crippen LogP contribution in [0.25, 0.3) is 0 Å². The molecule has 0 atom stereocenters. The van der Waals surface area contributed by atoms with E-state index in [1.807, 2.05) is 0 Å². The summed E-state index contributed by atoms with van der Waals surface area (Å²) in [5.74, 6) is 0. The van der Waals surface area contributed by atoms with Gasteiger partial charge in [0.25, 0.3) is 0 Å². The molecule has 4 aromatic carbocycles. The van der Waals surface area contributed by atoms with Crippen LogP contribution in [0.5, 0.6) is 0 Å². The van der Waals surface area contributed by atoms with E-state index in [9.17, 15) is 0 Å². The van der Waals surface area contributed by atoms with Crippen molar-refractivity contribution in [3.8, 4) is 0 Å². The van der Waals surface area contributed by atoms with E-state index in [1.165, 1.54) is 83.9 Å². The van der Waals surface area contributed by atoms with E-state index < -0.39 is 0 Å². The molecule has 6 rings (SSSR count). The molecule has 2 aliphatic heterocycles. The molecule has 2 aliphatic rings. The normalized spacial score (nSPS) is 14.9. The molecule has 0 saturated carbocycles. The standard InChI is InChI=1S/C48H61BN2/c1-30(2)31(3)44-32(4)49-39-27-35(47(11,12)13)21-26-40(39)50(37-22-17-33(18-23-37)45(5,6)7)41-28-36(48(14,15)16)29-42(43(41)49)51(44)38-24-19-34(20-25-38)46(8,9)10/h17-29H,1-16H3. The number of hydrogen-bond donors (Lipinski definition) is 0. The van der Waals surface area contributed by atoms with Crippen molar-refractivity contribution in [2.24, 2.45) is 0 Å². The average Bonchev–Trinajstić information content (AvgIpc) is 3.03. The summed E-state index contributed by atoms with van der Waals surface area (Å²) in [6, 6.07) is 31.0. The lowest BCUT2D eigenvalue weighted by molar-refractivity contribution is 0.589. The van der Waals surface area contributed by atoms with Gasteiger partial charge >= 0.3 is 0 Å². The molecule has 0 saturated heterocycles. The van der Waals surface area contributed by atoms with Crippen LogP contribution in [0.1, 0.15) is 133 Å². The zero-order valence-electron chi connectivity index (χ0n) is 34.5. The first-order valence-electron chi connectivity index (χ1n) is 19.0. The fraction of sp³-hybridized carbons (Fsp3) is 0.417. The zero-order valence-corrected chi connectivity index (χ0v) is 34.5. The molecule has 51 heavy (non-hydrogen) atoms. The van der Waals surface area contributed by atoms with E-state index in [0.717, 1.165) is 0 Å². The minimum absolute atomic E-state index is 0.0270. The van der Waals surface area contributed by atoms with Gasteiger partial charge < -0.3 is 9.80 Å². The van der Waals surface area contributed by atoms with Crippen molar-refractivity contribution in [2.75, 3.05) is 9.80 Å². The number of nitrogens with zero attached hydrogens (tertiary/aromatic N) is 2. The minimum atomic E-state index is -0.0527. The van der Waals surface area contributed by atoms with Crippen LogP contribution in [0.3, 0.4) is 0 Å². The number of hydrogen-bond acceptors (Lipinski definition) is 2. The zero-order chi connectivity index (χ0) is 37.6. The van der Waals surface area contributed by atoms with Crippen molar-refractivity contribution in [1.29, 1.82) is 0 Å². The maximum atomic E-state index is 2.59. The van der Waals surface area contributed by atoms with Gasteiger partial charge in [-0.25, -0.2) is 0 Å². The van der Waals surface area contributed by atoms with Crippen LogP contribution in [0.4, 0.5) is 28.4 Å². The van der Waals surface area contributed by atoms with Crippen LogP contribution in [0.2, 0.25) is 0 Å². The van der Waals surface area contributed by atoms with Gasteiger partial charge in [-0.1, -0.05) is 131 Å². The first-order chi connectivity index (χ1) is 23.5. The Morgan fingerprint density at radius 3 is 1.31 bits per heavy atom. The molecule has 0 unspecified atom stereocenters. The summed E-state index contributed by atoms with van der Waals surface area (Å²) >= 11 is 0. The molecule has 0 bridgehead atoms. The lowest BCUT2D eigenvalue weighted by Gasteiger charge is -2.46. The van der Waals surface area contributed by atoms with Gasteiger partial charge in [0.15, 0.2) is 0 Å². The molecule has 2 heterocycles. The van der Waals surface area contributed by atoms with E-state index in [4.69, 9.17) is 0 Å². The van der Waals surface area contributed by atoms with Gasteiger partial charge in [-0.05, 0) is 131 Å². The fourth-order valence-corrected chi connectivity index (χ4v) is 7.81. The van der Waals surface area contributed by atoms with Crippen molar-refractivity contribution in [1.82, 2.24) is 0 Å². The van der Waals surface area contributed by atoms with Crippen LogP contribution >= 0.6 is 0 Å². The molecule has 0 amide bonds. The van der Waals surface area contributed by atoms with E-state index in [2.05, 4.69) is 199 Å². The summed E-state index contributed by atoms with van der Waals surface area (Å²) in [6.45, 7) is 37.2. The quantitative estimate of drug-likeness (QED) is 0.199. The molecule has 0 spiro atoms. The molecular weight excluding hydrogens is 615 g/mol. The van der Waals surface area contributed by atoms with E-state index in [-0.39, 0.29) is 28.4 Å². The van der Waals surface area contributed by atoms with Crippen molar-refractivity contribution in [3.63, 3.8) is 0 Å². The maximum Gasteiger partial charge on any atom is 0.247 e. The average molecular weight is 677 g/mol. The van der Waals surface area contributed by atoms with Gasteiger partial charge in [0.2, 0.25) is 6.71 Å². The van der Waals surface area contributed by atoms with Crippen LogP contribution in [0, 0.1) is 0 Å². The Labute approximate surface area is 310 Å². The molecule has 2 nitrogen and oxygen atoms in total. The third kappa shape index (κ3) is 6.51. The second-order valence-electron chi connectivity index (χ2n) is 19.6. The van der Waals surface area contributed by atoms with Crippen LogP contribution in [0.15, 0.2) is 101 Å². The Bertz CT molecular complexity index is 2040. The Kier molecular flexibility index (Phi) is 8.89. The van der Waals surface area contributed by atoms with Crippen molar-refractivity contribution >= 4 is 46.1 Å². The van der Waals surface area contributed by atoms with Gasteiger partial charge in [0, 0.05) is 34.1 Å². The van der Waals surface area contributed by atoms with Crippen LogP contribution < -0.4 is 20.7 Å². The van der Waals surface area contributed by atoms with E-state index in [1.54, 1.807) is 0 Å². The summed E-state index contributed by atoms with van der Waals surface area (Å²) in [7, 11) is 0. The van der Waals surface area contributed by atoms with Gasteiger partial charge in [-0.15, -0.1) is 0 Å². The molecule has 0 aromatic heterocycles. The molecule has 0 radical (unpaired) electrons. The van der Waals surface area contributed by atoms with Gasteiger partial charge in [0.1, 0.15) is 0 Å². The largest absolute Gasteiger partial charge is 0.311 e. The highest BCUT2D eigenvalue weighted by Crippen LogP contribution is 2.48. The molecule has 0 fully saturated rings. The third-order valence-corrected chi connectivity index (χ3v) is 11.3. The van der Waals surface area contributed by atoms with Crippen LogP contribution in [-0.4, -0.2) is 6.71 Å². The highest BCUT2D eigenvalue weighted by Gasteiger charge is 2.44. The summed E-state index contributed by atoms with van der Waals surface area (Å²) in [5.41, 5.74) is 20.0. The molecule has 4 aromatic rings. The first-order valence-corrected chi connectivity index (χ1v) is 19.0. The Morgan fingerprint density at radius 2 is 0.882 bits per heavy atom. The predicted octanol–water partition coefficient (Wildman–Crippen LogP) is 12.6. The second kappa shape index (κ2) is 12.3. The summed E-state index contributed by atoms with van der Waals surface area (Å²) in [4.78, 5) is 5.15. The monoisotopic (exact) mass is 676 g/mol. The van der Waals surface area contributed by atoms with Gasteiger partial charge in [-0.3, -0.25) is 0 Å². The Hall–Kier alpha value is -3.98. The Balaban J connectivity index is 1.76. The lowest BCUT2D eigenvalue weighted by atomic mass is 9.33. The van der Waals surface area contributed by atoms with Gasteiger partial charge in [0.05, 0.1) is 0 Å². The number of benzene rings is 4. The fourth-order valence-electron chi connectivity index (χ4n) is 7.81. The Morgan fingerprint density at radius 1 is 0.471 bits per heavy atom. The highest BCUT2D eigenvalue weighted by atomic mass is 15.2. The van der Waals surface area contributed by atoms with Crippen molar-refractivity contribution in [3.05, 3.63) is 123 Å². The molecule has 0 aliphatic carbocycles. The minimum Gasteiger partial charge on any atom is -0.311 e. The SMILES string of the molecule is CC(C)=C(C)C1=C(C)B2c3cc(C(C)(C)C)ccc3N(c3ccc(C(C)(C)C)cc3)c3cc(C(C)(C)C)cc(c32)N1c1ccc(C(C)(C)C)cc1.